The second-order valence-corrected chi connectivity index (χ2v) is 5.14. The zero-order valence-corrected chi connectivity index (χ0v) is 12.9. The van der Waals surface area contributed by atoms with Crippen LogP contribution in [0.15, 0.2) is 54.7 Å². The van der Waals surface area contributed by atoms with Crippen molar-refractivity contribution < 1.29 is 9.47 Å². The number of fused-ring (bicyclic) bond motifs is 3. The number of para-hydroxylation sites is 2. The molecule has 4 rings (SSSR count). The summed E-state index contributed by atoms with van der Waals surface area (Å²) in [6, 6.07) is 15.9. The number of hydrogen-bond acceptors (Lipinski definition) is 4. The number of ether oxygens (including phenoxy) is 2. The third-order valence-electron chi connectivity index (χ3n) is 3.89. The molecule has 0 aliphatic rings. The first-order chi connectivity index (χ1) is 11.3. The summed E-state index contributed by atoms with van der Waals surface area (Å²) >= 11 is 0. The van der Waals surface area contributed by atoms with Crippen molar-refractivity contribution in [2.45, 2.75) is 0 Å². The maximum Gasteiger partial charge on any atom is 0.235 e. The summed E-state index contributed by atoms with van der Waals surface area (Å²) in [5.41, 5.74) is 3.97. The molecule has 23 heavy (non-hydrogen) atoms. The number of methoxy groups -OCH3 is 2. The minimum absolute atomic E-state index is 0.679. The molecule has 0 bridgehead atoms. The number of rotatable bonds is 3. The lowest BCUT2D eigenvalue weighted by molar-refractivity contribution is 0.355. The fraction of sp³-hybridized carbons (Fsp3) is 0.111. The van der Waals surface area contributed by atoms with E-state index in [0.717, 1.165) is 22.3 Å². The predicted octanol–water partition coefficient (Wildman–Crippen LogP) is 3.57. The third-order valence-corrected chi connectivity index (χ3v) is 3.89. The summed E-state index contributed by atoms with van der Waals surface area (Å²) in [6.07, 6.45) is 1.77. The molecule has 0 amide bonds. The number of hydrogen-bond donors (Lipinski definition) is 0. The summed E-state index contributed by atoms with van der Waals surface area (Å²) in [5, 5.41) is 0. The number of imidazole rings is 1. The van der Waals surface area contributed by atoms with E-state index in [1.54, 1.807) is 20.4 Å². The van der Waals surface area contributed by atoms with Crippen LogP contribution in [0.3, 0.4) is 0 Å². The van der Waals surface area contributed by atoms with E-state index in [1.807, 2.05) is 48.5 Å². The Labute approximate surface area is 133 Å². The van der Waals surface area contributed by atoms with E-state index in [4.69, 9.17) is 9.47 Å². The molecule has 2 heterocycles. The molecule has 0 aliphatic carbocycles. The Bertz CT molecular complexity index is 1010. The van der Waals surface area contributed by atoms with E-state index in [2.05, 4.69) is 14.4 Å². The van der Waals surface area contributed by atoms with Crippen LogP contribution in [-0.4, -0.2) is 28.6 Å². The summed E-state index contributed by atoms with van der Waals surface area (Å²) < 4.78 is 12.8. The molecular formula is C18H15N3O2. The van der Waals surface area contributed by atoms with Gasteiger partial charge in [0.1, 0.15) is 0 Å². The van der Waals surface area contributed by atoms with E-state index in [0.29, 0.717) is 17.3 Å². The van der Waals surface area contributed by atoms with E-state index < -0.39 is 0 Å². The average Bonchev–Trinajstić information content (AvgIpc) is 2.99. The topological polar surface area (TPSA) is 48.7 Å². The molecule has 4 aromatic rings. The normalized spacial score (nSPS) is 11.0. The highest BCUT2D eigenvalue weighted by Gasteiger charge is 2.12. The summed E-state index contributed by atoms with van der Waals surface area (Å²) in [4.78, 5) is 8.95. The van der Waals surface area contributed by atoms with E-state index in [1.165, 1.54) is 0 Å². The number of nitrogens with zero attached hydrogens (tertiary/aromatic N) is 3. The molecule has 5 heteroatoms. The Morgan fingerprint density at radius 3 is 2.57 bits per heavy atom. The van der Waals surface area contributed by atoms with Crippen LogP contribution < -0.4 is 9.47 Å². The Balaban J connectivity index is 2.02. The molecule has 0 aliphatic heterocycles. The summed E-state index contributed by atoms with van der Waals surface area (Å²) in [7, 11) is 3.27. The summed E-state index contributed by atoms with van der Waals surface area (Å²) in [5.74, 6) is 2.08. The smallest absolute Gasteiger partial charge is 0.235 e. The first kappa shape index (κ1) is 13.6. The van der Waals surface area contributed by atoms with Crippen LogP contribution in [-0.2, 0) is 0 Å². The highest BCUT2D eigenvalue weighted by molar-refractivity contribution is 5.82. The van der Waals surface area contributed by atoms with Gasteiger partial charge in [-0.15, -0.1) is 0 Å². The van der Waals surface area contributed by atoms with Crippen molar-refractivity contribution in [3.63, 3.8) is 0 Å². The molecule has 2 aromatic heterocycles. The first-order valence-corrected chi connectivity index (χ1v) is 7.26. The molecule has 0 spiro atoms. The van der Waals surface area contributed by atoms with E-state index in [-0.39, 0.29) is 0 Å². The Morgan fingerprint density at radius 2 is 1.74 bits per heavy atom. The predicted molar refractivity (Wildman–Crippen MR) is 89.0 cm³/mol. The molecule has 114 valence electrons. The lowest BCUT2D eigenvalue weighted by Gasteiger charge is -2.11. The van der Waals surface area contributed by atoms with Crippen molar-refractivity contribution in [3.8, 4) is 22.8 Å². The van der Waals surface area contributed by atoms with Crippen LogP contribution in [0.4, 0.5) is 0 Å². The zero-order valence-electron chi connectivity index (χ0n) is 12.9. The molecule has 0 saturated heterocycles. The molecule has 0 unspecified atom stereocenters. The SMILES string of the molecule is COc1ccc(-c2ccnc3nc4ccccc4n23)cc1OC. The first-order valence-electron chi connectivity index (χ1n) is 7.26. The van der Waals surface area contributed by atoms with Crippen LogP contribution in [0.5, 0.6) is 11.5 Å². The molecule has 0 saturated carbocycles. The van der Waals surface area contributed by atoms with E-state index in [9.17, 15) is 0 Å². The van der Waals surface area contributed by atoms with Crippen LogP contribution in [0.2, 0.25) is 0 Å². The molecule has 2 aromatic carbocycles. The van der Waals surface area contributed by atoms with E-state index >= 15 is 0 Å². The van der Waals surface area contributed by atoms with Gasteiger partial charge in [0.15, 0.2) is 11.5 Å². The molecule has 0 N–H and O–H groups in total. The second kappa shape index (κ2) is 5.28. The van der Waals surface area contributed by atoms with Gasteiger partial charge in [-0.1, -0.05) is 12.1 Å². The minimum atomic E-state index is 0.679. The lowest BCUT2D eigenvalue weighted by Crippen LogP contribution is -1.96. The van der Waals surface area contributed by atoms with Crippen LogP contribution in [0, 0.1) is 0 Å². The molecular weight excluding hydrogens is 290 g/mol. The maximum atomic E-state index is 5.41. The molecule has 0 fully saturated rings. The molecule has 0 radical (unpaired) electrons. The number of aromatic nitrogens is 3. The largest absolute Gasteiger partial charge is 0.493 e. The van der Waals surface area contributed by atoms with Gasteiger partial charge in [0, 0.05) is 11.8 Å². The van der Waals surface area contributed by atoms with Gasteiger partial charge in [-0.2, -0.15) is 0 Å². The maximum absolute atomic E-state index is 5.41. The van der Waals surface area contributed by atoms with Crippen LogP contribution >= 0.6 is 0 Å². The van der Waals surface area contributed by atoms with Gasteiger partial charge in [-0.05, 0) is 36.4 Å². The van der Waals surface area contributed by atoms with Gasteiger partial charge >= 0.3 is 0 Å². The fourth-order valence-corrected chi connectivity index (χ4v) is 2.81. The average molecular weight is 305 g/mol. The third kappa shape index (κ3) is 2.09. The van der Waals surface area contributed by atoms with Gasteiger partial charge < -0.3 is 9.47 Å². The van der Waals surface area contributed by atoms with Gasteiger partial charge in [0.25, 0.3) is 0 Å². The number of benzene rings is 2. The van der Waals surface area contributed by atoms with Crippen molar-refractivity contribution in [3.05, 3.63) is 54.7 Å². The Hall–Kier alpha value is -3.08. The zero-order chi connectivity index (χ0) is 15.8. The van der Waals surface area contributed by atoms with Crippen LogP contribution in [0.25, 0.3) is 28.1 Å². The Kier molecular flexibility index (Phi) is 3.12. The van der Waals surface area contributed by atoms with Crippen molar-refractivity contribution in [1.82, 2.24) is 14.4 Å². The van der Waals surface area contributed by atoms with Crippen LogP contribution in [0.1, 0.15) is 0 Å². The van der Waals surface area contributed by atoms with Crippen molar-refractivity contribution in [1.29, 1.82) is 0 Å². The molecule has 5 nitrogen and oxygen atoms in total. The van der Waals surface area contributed by atoms with Crippen molar-refractivity contribution in [2.75, 3.05) is 14.2 Å². The highest BCUT2D eigenvalue weighted by Crippen LogP contribution is 2.33. The quantitative estimate of drug-likeness (QED) is 0.580. The Morgan fingerprint density at radius 1 is 0.913 bits per heavy atom. The minimum Gasteiger partial charge on any atom is -0.493 e. The monoisotopic (exact) mass is 305 g/mol. The van der Waals surface area contributed by atoms with Gasteiger partial charge in [-0.3, -0.25) is 4.40 Å². The van der Waals surface area contributed by atoms with Gasteiger partial charge in [0.05, 0.1) is 30.9 Å². The van der Waals surface area contributed by atoms with Crippen molar-refractivity contribution >= 4 is 16.8 Å². The van der Waals surface area contributed by atoms with Crippen molar-refractivity contribution in [2.24, 2.45) is 0 Å². The lowest BCUT2D eigenvalue weighted by atomic mass is 10.1. The molecule has 0 atom stereocenters. The second-order valence-electron chi connectivity index (χ2n) is 5.14. The fourth-order valence-electron chi connectivity index (χ4n) is 2.81. The highest BCUT2D eigenvalue weighted by atomic mass is 16.5. The van der Waals surface area contributed by atoms with Gasteiger partial charge in [-0.25, -0.2) is 9.97 Å². The standard InChI is InChI=1S/C18H15N3O2/c1-22-16-8-7-12(11-17(16)23-2)14-9-10-19-18-20-13-5-3-4-6-15(13)21(14)18/h3-11H,1-2H3. The van der Waals surface area contributed by atoms with Gasteiger partial charge in [0.2, 0.25) is 5.78 Å². The summed E-state index contributed by atoms with van der Waals surface area (Å²) in [6.45, 7) is 0.